The van der Waals surface area contributed by atoms with Gasteiger partial charge in [0.1, 0.15) is 11.9 Å². The van der Waals surface area contributed by atoms with Crippen LogP contribution in [-0.4, -0.2) is 38.2 Å². The summed E-state index contributed by atoms with van der Waals surface area (Å²) in [5.74, 6) is -0.0595. The second-order valence-electron chi connectivity index (χ2n) is 8.30. The van der Waals surface area contributed by atoms with E-state index in [9.17, 15) is 14.4 Å². The van der Waals surface area contributed by atoms with Gasteiger partial charge in [-0.15, -0.1) is 0 Å². The number of rotatable bonds is 3. The zero-order valence-corrected chi connectivity index (χ0v) is 18.4. The van der Waals surface area contributed by atoms with Crippen molar-refractivity contribution >= 4 is 29.3 Å². The van der Waals surface area contributed by atoms with Crippen LogP contribution in [0.25, 0.3) is 22.6 Å². The topological polar surface area (TPSA) is 84.3 Å². The van der Waals surface area contributed by atoms with Gasteiger partial charge < -0.3 is 9.47 Å². The first kappa shape index (κ1) is 20.5. The Morgan fingerprint density at radius 1 is 1.09 bits per heavy atom. The average molecular weight is 449 g/mol. The van der Waals surface area contributed by atoms with Crippen LogP contribution in [0, 0.1) is 6.92 Å². The van der Waals surface area contributed by atoms with E-state index in [2.05, 4.69) is 5.32 Å². The first-order chi connectivity index (χ1) is 15.3. The lowest BCUT2D eigenvalue weighted by atomic mass is 10.0. The highest BCUT2D eigenvalue weighted by Crippen LogP contribution is 2.32. The summed E-state index contributed by atoms with van der Waals surface area (Å²) < 4.78 is 1.96. The highest BCUT2D eigenvalue weighted by Gasteiger charge is 2.39. The van der Waals surface area contributed by atoms with E-state index in [1.165, 1.54) is 0 Å². The van der Waals surface area contributed by atoms with Gasteiger partial charge >= 0.3 is 0 Å². The van der Waals surface area contributed by atoms with Crippen molar-refractivity contribution in [2.75, 3.05) is 0 Å². The molecule has 2 aromatic carbocycles. The molecule has 2 aliphatic rings. The van der Waals surface area contributed by atoms with Crippen LogP contribution in [0.3, 0.4) is 0 Å². The number of nitrogens with zero attached hydrogens (tertiary/aromatic N) is 3. The average Bonchev–Trinajstić information content (AvgIpc) is 3.30. The number of aromatic nitrogens is 2. The smallest absolute Gasteiger partial charge is 0.255 e. The molecule has 1 unspecified atom stereocenters. The van der Waals surface area contributed by atoms with Crippen LogP contribution in [0.5, 0.6) is 0 Å². The normalized spacial score (nSPS) is 18.2. The quantitative estimate of drug-likeness (QED) is 0.622. The number of piperidine rings is 1. The third kappa shape index (κ3) is 3.39. The van der Waals surface area contributed by atoms with Crippen LogP contribution >= 0.6 is 11.6 Å². The molecule has 8 heteroatoms. The molecule has 32 heavy (non-hydrogen) atoms. The number of nitrogens with one attached hydrogen (secondary N) is 1. The van der Waals surface area contributed by atoms with Crippen LogP contribution in [0.15, 0.2) is 42.6 Å². The summed E-state index contributed by atoms with van der Waals surface area (Å²) in [6.45, 7) is 2.30. The first-order valence-electron chi connectivity index (χ1n) is 10.4. The Labute approximate surface area is 190 Å². The van der Waals surface area contributed by atoms with E-state index in [0.29, 0.717) is 23.6 Å². The van der Waals surface area contributed by atoms with Gasteiger partial charge in [-0.25, -0.2) is 4.98 Å². The minimum Gasteiger partial charge on any atom is -0.333 e. The second-order valence-corrected chi connectivity index (χ2v) is 8.70. The molecule has 0 spiro atoms. The van der Waals surface area contributed by atoms with Gasteiger partial charge in [-0.1, -0.05) is 17.7 Å². The van der Waals surface area contributed by atoms with Crippen molar-refractivity contribution in [1.82, 2.24) is 19.8 Å². The third-order valence-electron chi connectivity index (χ3n) is 6.11. The van der Waals surface area contributed by atoms with Gasteiger partial charge in [-0.05, 0) is 54.8 Å². The van der Waals surface area contributed by atoms with Gasteiger partial charge in [0.25, 0.3) is 5.91 Å². The minimum atomic E-state index is -0.620. The van der Waals surface area contributed by atoms with Crippen LogP contribution in [0.2, 0.25) is 5.02 Å². The standard InChI is InChI=1S/C24H21ClN4O3/c1-13-9-15(4-6-18(13)25)22-26-19(12-28(22)2)14-3-5-17-16(10-14)11-29(24(17)32)20-7-8-21(30)27-23(20)31/h3-6,9-10,12,20H,7-8,11H2,1-2H3,(H,27,30,31). The summed E-state index contributed by atoms with van der Waals surface area (Å²) in [6, 6.07) is 10.8. The third-order valence-corrected chi connectivity index (χ3v) is 6.54. The van der Waals surface area contributed by atoms with Crippen molar-refractivity contribution in [3.8, 4) is 22.6 Å². The monoisotopic (exact) mass is 448 g/mol. The minimum absolute atomic E-state index is 0.181. The molecule has 1 fully saturated rings. The largest absolute Gasteiger partial charge is 0.333 e. The molecule has 3 heterocycles. The Bertz CT molecular complexity index is 1300. The van der Waals surface area contributed by atoms with Crippen LogP contribution in [-0.2, 0) is 23.2 Å². The Morgan fingerprint density at radius 3 is 2.62 bits per heavy atom. The Morgan fingerprint density at radius 2 is 1.88 bits per heavy atom. The van der Waals surface area contributed by atoms with Gasteiger partial charge in [-0.2, -0.15) is 0 Å². The lowest BCUT2D eigenvalue weighted by Crippen LogP contribution is -2.52. The molecular weight excluding hydrogens is 428 g/mol. The summed E-state index contributed by atoms with van der Waals surface area (Å²) in [5, 5.41) is 3.04. The zero-order valence-electron chi connectivity index (χ0n) is 17.7. The predicted molar refractivity (Wildman–Crippen MR) is 120 cm³/mol. The fraction of sp³-hybridized carbons (Fsp3) is 0.250. The Hall–Kier alpha value is -3.45. The van der Waals surface area contributed by atoms with Crippen LogP contribution < -0.4 is 5.32 Å². The molecule has 5 rings (SSSR count). The number of imide groups is 1. The highest BCUT2D eigenvalue weighted by atomic mass is 35.5. The molecule has 0 saturated carbocycles. The molecule has 1 N–H and O–H groups in total. The van der Waals surface area contributed by atoms with Gasteiger partial charge in [0.15, 0.2) is 0 Å². The molecular formula is C24H21ClN4O3. The van der Waals surface area contributed by atoms with Gasteiger partial charge in [0, 0.05) is 47.9 Å². The first-order valence-corrected chi connectivity index (χ1v) is 10.8. The number of amides is 3. The molecule has 3 aromatic rings. The molecule has 3 amide bonds. The van der Waals surface area contributed by atoms with E-state index in [4.69, 9.17) is 16.6 Å². The predicted octanol–water partition coefficient (Wildman–Crippen LogP) is 3.48. The number of halogens is 1. The van der Waals surface area contributed by atoms with E-state index in [1.807, 2.05) is 55.1 Å². The summed E-state index contributed by atoms with van der Waals surface area (Å²) in [5.41, 5.74) is 5.09. The molecule has 1 aromatic heterocycles. The molecule has 1 atom stereocenters. The van der Waals surface area contributed by atoms with Gasteiger partial charge in [0.2, 0.25) is 11.8 Å². The van der Waals surface area contributed by atoms with Crippen molar-refractivity contribution in [1.29, 1.82) is 0 Å². The van der Waals surface area contributed by atoms with Crippen molar-refractivity contribution in [2.24, 2.45) is 7.05 Å². The highest BCUT2D eigenvalue weighted by molar-refractivity contribution is 6.31. The van der Waals surface area contributed by atoms with Crippen molar-refractivity contribution in [2.45, 2.75) is 32.4 Å². The lowest BCUT2D eigenvalue weighted by Gasteiger charge is -2.29. The number of benzene rings is 2. The summed E-state index contributed by atoms with van der Waals surface area (Å²) in [4.78, 5) is 43.0. The molecule has 2 aliphatic heterocycles. The maximum absolute atomic E-state index is 12.9. The number of hydrogen-bond acceptors (Lipinski definition) is 4. The van der Waals surface area contributed by atoms with Crippen LogP contribution in [0.4, 0.5) is 0 Å². The lowest BCUT2D eigenvalue weighted by molar-refractivity contribution is -0.136. The Kier molecular flexibility index (Phi) is 4.86. The summed E-state index contributed by atoms with van der Waals surface area (Å²) in [6.07, 6.45) is 2.54. The van der Waals surface area contributed by atoms with Crippen LogP contribution in [0.1, 0.15) is 34.3 Å². The SMILES string of the molecule is Cc1cc(-c2nc(-c3ccc4c(c3)CN(C3CCC(=O)NC3=O)C4=O)cn2C)ccc1Cl. The Balaban J connectivity index is 1.44. The number of carbonyl (C=O) groups excluding carboxylic acids is 3. The zero-order chi connectivity index (χ0) is 22.6. The maximum Gasteiger partial charge on any atom is 0.255 e. The number of imidazole rings is 1. The van der Waals surface area contributed by atoms with E-state index in [1.54, 1.807) is 11.0 Å². The van der Waals surface area contributed by atoms with E-state index in [-0.39, 0.29) is 18.2 Å². The summed E-state index contributed by atoms with van der Waals surface area (Å²) >= 11 is 6.16. The van der Waals surface area contributed by atoms with E-state index in [0.717, 1.165) is 33.8 Å². The van der Waals surface area contributed by atoms with Crippen molar-refractivity contribution in [3.63, 3.8) is 0 Å². The molecule has 1 saturated heterocycles. The molecule has 0 bridgehead atoms. The molecule has 7 nitrogen and oxygen atoms in total. The van der Waals surface area contributed by atoms with E-state index < -0.39 is 11.9 Å². The molecule has 162 valence electrons. The number of carbonyl (C=O) groups is 3. The summed E-state index contributed by atoms with van der Waals surface area (Å²) in [7, 11) is 1.94. The molecule has 0 aliphatic carbocycles. The van der Waals surface area contributed by atoms with Gasteiger partial charge in [-0.3, -0.25) is 19.7 Å². The fourth-order valence-electron chi connectivity index (χ4n) is 4.39. The number of fused-ring (bicyclic) bond motifs is 1. The number of aryl methyl sites for hydroxylation is 2. The van der Waals surface area contributed by atoms with E-state index >= 15 is 0 Å². The second kappa shape index (κ2) is 7.60. The van der Waals surface area contributed by atoms with Crippen molar-refractivity contribution < 1.29 is 14.4 Å². The number of hydrogen-bond donors (Lipinski definition) is 1. The maximum atomic E-state index is 12.9. The van der Waals surface area contributed by atoms with Gasteiger partial charge in [0.05, 0.1) is 5.69 Å². The fourth-order valence-corrected chi connectivity index (χ4v) is 4.51. The molecule has 0 radical (unpaired) electrons. The van der Waals surface area contributed by atoms with Crippen molar-refractivity contribution in [3.05, 3.63) is 64.3 Å².